The van der Waals surface area contributed by atoms with E-state index in [1.54, 1.807) is 23.1 Å². The van der Waals surface area contributed by atoms with Gasteiger partial charge in [0, 0.05) is 37.0 Å². The van der Waals surface area contributed by atoms with Crippen LogP contribution in [0, 0.1) is 6.92 Å². The first kappa shape index (κ1) is 17.0. The second kappa shape index (κ2) is 7.36. The zero-order valence-electron chi connectivity index (χ0n) is 13.2. The predicted molar refractivity (Wildman–Crippen MR) is 92.8 cm³/mol. The molecule has 1 saturated heterocycles. The van der Waals surface area contributed by atoms with Crippen molar-refractivity contribution in [3.63, 3.8) is 0 Å². The number of benzene rings is 1. The quantitative estimate of drug-likeness (QED) is 0.830. The number of carbonyl (C=O) groups excluding carboxylic acids is 1. The second-order valence-electron chi connectivity index (χ2n) is 5.75. The third kappa shape index (κ3) is 3.97. The highest BCUT2D eigenvalue weighted by Crippen LogP contribution is 2.24. The maximum Gasteiger partial charge on any atom is 0.255 e. The Kier molecular flexibility index (Phi) is 5.21. The predicted octanol–water partition coefficient (Wildman–Crippen LogP) is 3.78. The highest BCUT2D eigenvalue weighted by atomic mass is 35.5. The Morgan fingerprint density at radius 3 is 2.58 bits per heavy atom. The van der Waals surface area contributed by atoms with Gasteiger partial charge in [0.05, 0.1) is 16.3 Å². The van der Waals surface area contributed by atoms with Gasteiger partial charge >= 0.3 is 0 Å². The van der Waals surface area contributed by atoms with E-state index in [-0.39, 0.29) is 12.0 Å². The fourth-order valence-corrected chi connectivity index (χ4v) is 3.00. The molecule has 1 aromatic heterocycles. The van der Waals surface area contributed by atoms with Crippen LogP contribution >= 0.6 is 23.2 Å². The molecule has 126 valence electrons. The van der Waals surface area contributed by atoms with Gasteiger partial charge in [-0.25, -0.2) is 0 Å². The van der Waals surface area contributed by atoms with Crippen molar-refractivity contribution in [1.29, 1.82) is 0 Å². The summed E-state index contributed by atoms with van der Waals surface area (Å²) in [4.78, 5) is 14.4. The summed E-state index contributed by atoms with van der Waals surface area (Å²) >= 11 is 12.1. The monoisotopic (exact) mass is 365 g/mol. The van der Waals surface area contributed by atoms with Crippen LogP contribution in [0.4, 0.5) is 0 Å². The molecule has 1 aliphatic rings. The Labute approximate surface area is 150 Å². The molecule has 1 amide bonds. The minimum absolute atomic E-state index is 0.0286. The average Bonchev–Trinajstić information content (AvgIpc) is 2.59. The summed E-state index contributed by atoms with van der Waals surface area (Å²) < 4.78 is 5.83. The first-order chi connectivity index (χ1) is 11.5. The minimum Gasteiger partial charge on any atom is -0.473 e. The van der Waals surface area contributed by atoms with Gasteiger partial charge in [-0.3, -0.25) is 4.79 Å². The molecular formula is C17H17Cl2N3O2. The second-order valence-corrected chi connectivity index (χ2v) is 6.59. The lowest BCUT2D eigenvalue weighted by Gasteiger charge is -2.32. The van der Waals surface area contributed by atoms with Crippen LogP contribution in [0.3, 0.4) is 0 Å². The summed E-state index contributed by atoms with van der Waals surface area (Å²) in [6.07, 6.45) is 1.50. The van der Waals surface area contributed by atoms with E-state index in [1.807, 2.05) is 19.1 Å². The van der Waals surface area contributed by atoms with Crippen LogP contribution in [0.2, 0.25) is 10.0 Å². The number of likely N-dealkylation sites (tertiary alicyclic amines) is 1. The lowest BCUT2D eigenvalue weighted by atomic mass is 10.1. The molecule has 5 nitrogen and oxygen atoms in total. The van der Waals surface area contributed by atoms with Crippen LogP contribution in [0.15, 0.2) is 30.3 Å². The topological polar surface area (TPSA) is 55.3 Å². The maximum atomic E-state index is 12.6. The molecule has 0 atom stereocenters. The molecule has 0 spiro atoms. The van der Waals surface area contributed by atoms with Crippen molar-refractivity contribution < 1.29 is 9.53 Å². The highest BCUT2D eigenvalue weighted by Gasteiger charge is 2.26. The minimum atomic E-state index is -0.101. The van der Waals surface area contributed by atoms with Crippen LogP contribution in [0.1, 0.15) is 28.9 Å². The van der Waals surface area contributed by atoms with E-state index in [2.05, 4.69) is 10.2 Å². The number of rotatable bonds is 3. The highest BCUT2D eigenvalue weighted by molar-refractivity contribution is 6.35. The normalized spacial score (nSPS) is 15.4. The van der Waals surface area contributed by atoms with Gasteiger partial charge in [-0.05, 0) is 31.2 Å². The zero-order valence-corrected chi connectivity index (χ0v) is 14.7. The molecule has 24 heavy (non-hydrogen) atoms. The smallest absolute Gasteiger partial charge is 0.255 e. The number of ether oxygens (including phenoxy) is 1. The van der Waals surface area contributed by atoms with Gasteiger partial charge in [0.1, 0.15) is 6.10 Å². The largest absolute Gasteiger partial charge is 0.473 e. The van der Waals surface area contributed by atoms with E-state index < -0.39 is 0 Å². The molecule has 3 rings (SSSR count). The third-order valence-electron chi connectivity index (χ3n) is 3.95. The fraction of sp³-hybridized carbons (Fsp3) is 0.353. The number of aromatic nitrogens is 2. The number of amides is 1. The molecular weight excluding hydrogens is 349 g/mol. The van der Waals surface area contributed by atoms with Gasteiger partial charge < -0.3 is 9.64 Å². The molecule has 1 fully saturated rings. The van der Waals surface area contributed by atoms with E-state index in [0.717, 1.165) is 18.5 Å². The summed E-state index contributed by atoms with van der Waals surface area (Å²) in [7, 11) is 0. The van der Waals surface area contributed by atoms with E-state index in [9.17, 15) is 4.79 Å². The molecule has 0 N–H and O–H groups in total. The van der Waals surface area contributed by atoms with Crippen LogP contribution in [-0.2, 0) is 0 Å². The summed E-state index contributed by atoms with van der Waals surface area (Å²) in [5, 5.41) is 8.90. The fourth-order valence-electron chi connectivity index (χ4n) is 2.63. The lowest BCUT2D eigenvalue weighted by molar-refractivity contribution is 0.0586. The average molecular weight is 366 g/mol. The van der Waals surface area contributed by atoms with Gasteiger partial charge in [0.15, 0.2) is 0 Å². The number of nitrogens with zero attached hydrogens (tertiary/aromatic N) is 3. The van der Waals surface area contributed by atoms with Crippen LogP contribution in [0.5, 0.6) is 5.88 Å². The van der Waals surface area contributed by atoms with E-state index in [0.29, 0.717) is 34.6 Å². The summed E-state index contributed by atoms with van der Waals surface area (Å²) in [5.41, 5.74) is 1.29. The van der Waals surface area contributed by atoms with Crippen molar-refractivity contribution >= 4 is 29.1 Å². The molecule has 2 heterocycles. The Bertz CT molecular complexity index is 729. The summed E-state index contributed by atoms with van der Waals surface area (Å²) in [5.74, 6) is 0.416. The number of hydrogen-bond acceptors (Lipinski definition) is 4. The molecule has 0 bridgehead atoms. The molecule has 1 aromatic carbocycles. The first-order valence-corrected chi connectivity index (χ1v) is 8.50. The van der Waals surface area contributed by atoms with Crippen LogP contribution < -0.4 is 4.74 Å². The summed E-state index contributed by atoms with van der Waals surface area (Å²) in [6, 6.07) is 8.59. The first-order valence-electron chi connectivity index (χ1n) is 7.74. The van der Waals surface area contributed by atoms with Gasteiger partial charge in [0.2, 0.25) is 5.88 Å². The van der Waals surface area contributed by atoms with Gasteiger partial charge in [0.25, 0.3) is 5.91 Å². The Morgan fingerprint density at radius 2 is 1.92 bits per heavy atom. The standard InChI is InChI=1S/C17H17Cl2N3O2/c1-11-2-5-16(21-20-11)24-13-6-8-22(9-7-13)17(23)14-10-12(18)3-4-15(14)19/h2-5,10,13H,6-9H2,1H3. The van der Waals surface area contributed by atoms with Crippen LogP contribution in [-0.4, -0.2) is 40.2 Å². The van der Waals surface area contributed by atoms with Crippen LogP contribution in [0.25, 0.3) is 0 Å². The molecule has 0 saturated carbocycles. The van der Waals surface area contributed by atoms with Gasteiger partial charge in [-0.1, -0.05) is 23.2 Å². The Balaban J connectivity index is 1.59. The molecule has 2 aromatic rings. The maximum absolute atomic E-state index is 12.6. The number of piperidine rings is 1. The third-order valence-corrected chi connectivity index (χ3v) is 4.51. The van der Waals surface area contributed by atoms with Gasteiger partial charge in [-0.15, -0.1) is 5.10 Å². The zero-order chi connectivity index (χ0) is 17.1. The van der Waals surface area contributed by atoms with Crippen molar-refractivity contribution in [3.8, 4) is 5.88 Å². The van der Waals surface area contributed by atoms with Gasteiger partial charge in [-0.2, -0.15) is 5.10 Å². The molecule has 7 heteroatoms. The van der Waals surface area contributed by atoms with Crippen molar-refractivity contribution in [2.45, 2.75) is 25.9 Å². The molecule has 0 radical (unpaired) electrons. The van der Waals surface area contributed by atoms with Crippen molar-refractivity contribution in [3.05, 3.63) is 51.6 Å². The van der Waals surface area contributed by atoms with E-state index >= 15 is 0 Å². The van der Waals surface area contributed by atoms with Crippen molar-refractivity contribution in [2.75, 3.05) is 13.1 Å². The number of aryl methyl sites for hydroxylation is 1. The number of hydrogen-bond donors (Lipinski definition) is 0. The summed E-state index contributed by atoms with van der Waals surface area (Å²) in [6.45, 7) is 3.08. The SMILES string of the molecule is Cc1ccc(OC2CCN(C(=O)c3cc(Cl)ccc3Cl)CC2)nn1. The Hall–Kier alpha value is -1.85. The Morgan fingerprint density at radius 1 is 1.17 bits per heavy atom. The van der Waals surface area contributed by atoms with E-state index in [4.69, 9.17) is 27.9 Å². The van der Waals surface area contributed by atoms with Crippen molar-refractivity contribution in [2.24, 2.45) is 0 Å². The van der Waals surface area contributed by atoms with E-state index in [1.165, 1.54) is 0 Å². The number of carbonyl (C=O) groups is 1. The number of halogens is 2. The lowest BCUT2D eigenvalue weighted by Crippen LogP contribution is -2.42. The molecule has 1 aliphatic heterocycles. The molecule has 0 aliphatic carbocycles. The van der Waals surface area contributed by atoms with Crippen molar-refractivity contribution in [1.82, 2.24) is 15.1 Å². The molecule has 0 unspecified atom stereocenters.